The van der Waals surface area contributed by atoms with Gasteiger partial charge in [-0.3, -0.25) is 4.79 Å². The lowest BCUT2D eigenvalue weighted by molar-refractivity contribution is -0.125. The highest BCUT2D eigenvalue weighted by Crippen LogP contribution is 2.27. The highest BCUT2D eigenvalue weighted by molar-refractivity contribution is 6.20. The first-order chi connectivity index (χ1) is 8.67. The van der Waals surface area contributed by atoms with Crippen LogP contribution in [-0.2, 0) is 4.79 Å². The monoisotopic (exact) mass is 273 g/mol. The van der Waals surface area contributed by atoms with E-state index in [4.69, 9.17) is 11.6 Å². The fraction of sp³-hybridized carbons (Fsp3) is 0.933. The van der Waals surface area contributed by atoms with Crippen molar-refractivity contribution >= 4 is 17.5 Å². The molecule has 18 heavy (non-hydrogen) atoms. The van der Waals surface area contributed by atoms with Crippen LogP contribution >= 0.6 is 11.6 Å². The van der Waals surface area contributed by atoms with Gasteiger partial charge < -0.3 is 5.32 Å². The van der Waals surface area contributed by atoms with Crippen LogP contribution in [0.5, 0.6) is 0 Å². The average molecular weight is 274 g/mol. The third-order valence-corrected chi connectivity index (χ3v) is 4.55. The molecule has 1 atom stereocenters. The summed E-state index contributed by atoms with van der Waals surface area (Å²) in [7, 11) is 0. The first kappa shape index (κ1) is 15.8. The highest BCUT2D eigenvalue weighted by Gasteiger charge is 2.21. The lowest BCUT2D eigenvalue weighted by atomic mass is 9.88. The molecule has 0 aromatic carbocycles. The number of rotatable bonds is 7. The Morgan fingerprint density at radius 3 is 2.50 bits per heavy atom. The summed E-state index contributed by atoms with van der Waals surface area (Å²) in [5, 5.41) is 3.51. The van der Waals surface area contributed by atoms with E-state index in [9.17, 15) is 4.79 Å². The second kappa shape index (κ2) is 8.79. The van der Waals surface area contributed by atoms with E-state index in [-0.39, 0.29) is 11.8 Å². The van der Waals surface area contributed by atoms with Crippen molar-refractivity contribution in [3.05, 3.63) is 0 Å². The molecule has 1 saturated carbocycles. The zero-order valence-electron chi connectivity index (χ0n) is 11.9. The van der Waals surface area contributed by atoms with Crippen LogP contribution in [0, 0.1) is 11.8 Å². The summed E-state index contributed by atoms with van der Waals surface area (Å²) in [6.45, 7) is 5.14. The zero-order chi connectivity index (χ0) is 13.4. The molecule has 1 aliphatic rings. The molecule has 0 aliphatic heterocycles. The lowest BCUT2D eigenvalue weighted by Gasteiger charge is -2.26. The van der Waals surface area contributed by atoms with Crippen molar-refractivity contribution in [1.29, 1.82) is 0 Å². The number of unbranched alkanes of at least 4 members (excludes halogenated alkanes) is 1. The van der Waals surface area contributed by atoms with Crippen LogP contribution in [0.2, 0.25) is 0 Å². The van der Waals surface area contributed by atoms with Gasteiger partial charge in [0.05, 0.1) is 0 Å². The highest BCUT2D eigenvalue weighted by atomic mass is 35.5. The summed E-state index contributed by atoms with van der Waals surface area (Å²) in [5.74, 6) is 1.13. The Labute approximate surface area is 117 Å². The van der Waals surface area contributed by atoms with Gasteiger partial charge in [-0.2, -0.15) is 0 Å². The summed E-state index contributed by atoms with van der Waals surface area (Å²) in [6, 6.07) is 0. The fourth-order valence-electron chi connectivity index (χ4n) is 2.69. The van der Waals surface area contributed by atoms with Gasteiger partial charge in [0.2, 0.25) is 5.91 Å². The van der Waals surface area contributed by atoms with Gasteiger partial charge in [0.15, 0.2) is 0 Å². The molecule has 0 radical (unpaired) electrons. The molecule has 1 N–H and O–H groups in total. The Morgan fingerprint density at radius 2 is 1.94 bits per heavy atom. The number of alkyl halides is 1. The molecule has 0 spiro atoms. The van der Waals surface area contributed by atoms with E-state index in [2.05, 4.69) is 19.2 Å². The van der Waals surface area contributed by atoms with Crippen molar-refractivity contribution in [3.8, 4) is 0 Å². The van der Waals surface area contributed by atoms with Crippen LogP contribution in [0.1, 0.15) is 65.2 Å². The van der Waals surface area contributed by atoms with Crippen LogP contribution < -0.4 is 5.32 Å². The molecule has 1 unspecified atom stereocenters. The third kappa shape index (κ3) is 5.60. The molecule has 0 bridgehead atoms. The molecule has 1 amide bonds. The van der Waals surface area contributed by atoms with Gasteiger partial charge in [-0.05, 0) is 44.4 Å². The molecule has 2 nitrogen and oxygen atoms in total. The van der Waals surface area contributed by atoms with Crippen molar-refractivity contribution in [2.75, 3.05) is 6.54 Å². The van der Waals surface area contributed by atoms with Gasteiger partial charge >= 0.3 is 0 Å². The largest absolute Gasteiger partial charge is 0.356 e. The molecule has 0 saturated heterocycles. The topological polar surface area (TPSA) is 29.1 Å². The number of halogens is 1. The minimum atomic E-state index is 0.217. The smallest absolute Gasteiger partial charge is 0.223 e. The molecule has 0 aromatic rings. The molecule has 0 aromatic heterocycles. The minimum absolute atomic E-state index is 0.217. The van der Waals surface area contributed by atoms with Crippen molar-refractivity contribution in [1.82, 2.24) is 5.32 Å². The lowest BCUT2D eigenvalue weighted by Crippen LogP contribution is -2.35. The Bertz CT molecular complexity index is 237. The van der Waals surface area contributed by atoms with Crippen LogP contribution in [0.3, 0.4) is 0 Å². The SMILES string of the molecule is CCCCC(CC)C(=O)NCC1CCC(Cl)CC1. The minimum Gasteiger partial charge on any atom is -0.356 e. The maximum Gasteiger partial charge on any atom is 0.223 e. The second-order valence-electron chi connectivity index (χ2n) is 5.61. The van der Waals surface area contributed by atoms with Gasteiger partial charge in [-0.15, -0.1) is 11.6 Å². The van der Waals surface area contributed by atoms with Gasteiger partial charge in [0.25, 0.3) is 0 Å². The number of hydrogen-bond acceptors (Lipinski definition) is 1. The number of carbonyl (C=O) groups is 1. The molecular weight excluding hydrogens is 246 g/mol. The van der Waals surface area contributed by atoms with Gasteiger partial charge in [-0.1, -0.05) is 26.7 Å². The number of amides is 1. The number of carbonyl (C=O) groups excluding carboxylic acids is 1. The van der Waals surface area contributed by atoms with E-state index >= 15 is 0 Å². The molecule has 1 fully saturated rings. The Balaban J connectivity index is 2.22. The maximum atomic E-state index is 12.0. The normalized spacial score (nSPS) is 25.7. The Hall–Kier alpha value is -0.240. The van der Waals surface area contributed by atoms with Gasteiger partial charge in [-0.25, -0.2) is 0 Å². The van der Waals surface area contributed by atoms with E-state index in [1.165, 1.54) is 19.3 Å². The molecule has 3 heteroatoms. The van der Waals surface area contributed by atoms with E-state index in [0.717, 1.165) is 38.6 Å². The number of hydrogen-bond donors (Lipinski definition) is 1. The summed E-state index contributed by atoms with van der Waals surface area (Å²) >= 11 is 6.09. The van der Waals surface area contributed by atoms with Crippen LogP contribution in [0.25, 0.3) is 0 Å². The summed E-state index contributed by atoms with van der Waals surface area (Å²) in [6.07, 6.45) is 8.87. The van der Waals surface area contributed by atoms with Crippen LogP contribution in [0.15, 0.2) is 0 Å². The Kier molecular flexibility index (Phi) is 7.73. The standard InChI is InChI=1S/C15H28ClNO/c1-3-5-6-13(4-2)15(18)17-11-12-7-9-14(16)10-8-12/h12-14H,3-11H2,1-2H3,(H,17,18). The van der Waals surface area contributed by atoms with Crippen molar-refractivity contribution in [3.63, 3.8) is 0 Å². The van der Waals surface area contributed by atoms with E-state index < -0.39 is 0 Å². The molecule has 1 aliphatic carbocycles. The van der Waals surface area contributed by atoms with Crippen molar-refractivity contribution < 1.29 is 4.79 Å². The molecular formula is C15H28ClNO. The van der Waals surface area contributed by atoms with E-state index in [1.54, 1.807) is 0 Å². The first-order valence-electron chi connectivity index (χ1n) is 7.59. The van der Waals surface area contributed by atoms with Crippen LogP contribution in [-0.4, -0.2) is 17.8 Å². The maximum absolute atomic E-state index is 12.0. The predicted molar refractivity (Wildman–Crippen MR) is 77.9 cm³/mol. The first-order valence-corrected chi connectivity index (χ1v) is 8.02. The molecule has 0 heterocycles. The fourth-order valence-corrected chi connectivity index (χ4v) is 2.94. The molecule has 106 valence electrons. The second-order valence-corrected chi connectivity index (χ2v) is 6.23. The number of nitrogens with one attached hydrogen (secondary N) is 1. The summed E-state index contributed by atoms with van der Waals surface area (Å²) in [4.78, 5) is 12.0. The summed E-state index contributed by atoms with van der Waals surface area (Å²) < 4.78 is 0. The van der Waals surface area contributed by atoms with E-state index in [0.29, 0.717) is 11.3 Å². The van der Waals surface area contributed by atoms with Gasteiger partial charge in [0, 0.05) is 17.8 Å². The van der Waals surface area contributed by atoms with Gasteiger partial charge in [0.1, 0.15) is 0 Å². The van der Waals surface area contributed by atoms with Crippen molar-refractivity contribution in [2.45, 2.75) is 70.6 Å². The Morgan fingerprint density at radius 1 is 1.28 bits per heavy atom. The molecule has 1 rings (SSSR count). The predicted octanol–water partition coefficient (Wildman–Crippen LogP) is 4.12. The van der Waals surface area contributed by atoms with Crippen molar-refractivity contribution in [2.24, 2.45) is 11.8 Å². The zero-order valence-corrected chi connectivity index (χ0v) is 12.6. The average Bonchev–Trinajstić information content (AvgIpc) is 2.39. The summed E-state index contributed by atoms with van der Waals surface area (Å²) in [5.41, 5.74) is 0. The van der Waals surface area contributed by atoms with E-state index in [1.807, 2.05) is 0 Å². The van der Waals surface area contributed by atoms with Crippen LogP contribution in [0.4, 0.5) is 0 Å². The third-order valence-electron chi connectivity index (χ3n) is 4.11. The quantitative estimate of drug-likeness (QED) is 0.695.